The summed E-state index contributed by atoms with van der Waals surface area (Å²) < 4.78 is 49.2. The highest BCUT2D eigenvalue weighted by Crippen LogP contribution is 2.38. The van der Waals surface area contributed by atoms with E-state index in [4.69, 9.17) is 15.2 Å². The molecule has 1 aromatic carbocycles. The SMILES string of the molecule is COc1cc(C(F)(F)F)cc(SC)c1C(=O)NC1CCOCC1N.Cl. The number of thioether (sulfide) groups is 1. The van der Waals surface area contributed by atoms with Gasteiger partial charge in [0, 0.05) is 23.6 Å². The molecule has 1 saturated heterocycles. The van der Waals surface area contributed by atoms with E-state index in [1.54, 1.807) is 6.26 Å². The van der Waals surface area contributed by atoms with E-state index in [0.29, 0.717) is 19.6 Å². The van der Waals surface area contributed by atoms with E-state index >= 15 is 0 Å². The maximum Gasteiger partial charge on any atom is 0.416 e. The van der Waals surface area contributed by atoms with Crippen LogP contribution < -0.4 is 15.8 Å². The zero-order valence-corrected chi connectivity index (χ0v) is 15.3. The van der Waals surface area contributed by atoms with Crippen LogP contribution in [0.25, 0.3) is 0 Å². The molecule has 2 rings (SSSR count). The fourth-order valence-electron chi connectivity index (χ4n) is 2.48. The molecule has 3 N–H and O–H groups in total. The zero-order valence-electron chi connectivity index (χ0n) is 13.7. The van der Waals surface area contributed by atoms with Crippen molar-refractivity contribution in [3.63, 3.8) is 0 Å². The number of methoxy groups -OCH3 is 1. The third-order valence-corrected chi connectivity index (χ3v) is 4.54. The number of benzene rings is 1. The van der Waals surface area contributed by atoms with E-state index in [1.807, 2.05) is 0 Å². The predicted molar refractivity (Wildman–Crippen MR) is 91.7 cm³/mol. The van der Waals surface area contributed by atoms with Gasteiger partial charge in [-0.2, -0.15) is 13.2 Å². The second-order valence-corrected chi connectivity index (χ2v) is 6.21. The van der Waals surface area contributed by atoms with Crippen molar-refractivity contribution in [3.05, 3.63) is 23.3 Å². The van der Waals surface area contributed by atoms with Crippen molar-refractivity contribution in [1.29, 1.82) is 0 Å². The minimum atomic E-state index is -4.52. The molecule has 2 unspecified atom stereocenters. The number of ether oxygens (including phenoxy) is 2. The normalized spacial score (nSPS) is 20.6. The number of hydrogen-bond acceptors (Lipinski definition) is 5. The second-order valence-electron chi connectivity index (χ2n) is 5.36. The molecule has 0 spiro atoms. The Balaban J connectivity index is 0.00000312. The summed E-state index contributed by atoms with van der Waals surface area (Å²) in [6.45, 7) is 0.794. The fraction of sp³-hybridized carbons (Fsp3) is 0.533. The summed E-state index contributed by atoms with van der Waals surface area (Å²) in [5.41, 5.74) is 5.12. The summed E-state index contributed by atoms with van der Waals surface area (Å²) in [5, 5.41) is 2.77. The molecule has 142 valence electrons. The Bertz CT molecular complexity index is 591. The quantitative estimate of drug-likeness (QED) is 0.760. The van der Waals surface area contributed by atoms with E-state index in [-0.39, 0.29) is 40.7 Å². The van der Waals surface area contributed by atoms with Gasteiger partial charge in [-0.15, -0.1) is 24.2 Å². The van der Waals surface area contributed by atoms with Crippen molar-refractivity contribution < 1.29 is 27.4 Å². The van der Waals surface area contributed by atoms with Gasteiger partial charge in [0.2, 0.25) is 0 Å². The van der Waals surface area contributed by atoms with Gasteiger partial charge in [0.1, 0.15) is 5.75 Å². The lowest BCUT2D eigenvalue weighted by atomic mass is 10.0. The van der Waals surface area contributed by atoms with Crippen LogP contribution in [0.3, 0.4) is 0 Å². The number of halogens is 4. The van der Waals surface area contributed by atoms with Crippen LogP contribution in [0.4, 0.5) is 13.2 Å². The average molecular weight is 401 g/mol. The Hall–Kier alpha value is -1.16. The number of hydrogen-bond donors (Lipinski definition) is 2. The molecule has 0 bridgehead atoms. The van der Waals surface area contributed by atoms with Crippen molar-refractivity contribution >= 4 is 30.1 Å². The lowest BCUT2D eigenvalue weighted by molar-refractivity contribution is -0.137. The molecule has 1 fully saturated rings. The van der Waals surface area contributed by atoms with Crippen molar-refractivity contribution in [1.82, 2.24) is 5.32 Å². The molecule has 0 aromatic heterocycles. The summed E-state index contributed by atoms with van der Waals surface area (Å²) in [4.78, 5) is 12.8. The molecule has 0 aliphatic carbocycles. The topological polar surface area (TPSA) is 73.6 Å². The molecule has 5 nitrogen and oxygen atoms in total. The summed E-state index contributed by atoms with van der Waals surface area (Å²) in [6, 6.07) is 1.12. The molecule has 25 heavy (non-hydrogen) atoms. The van der Waals surface area contributed by atoms with Crippen LogP contribution in [0.15, 0.2) is 17.0 Å². The monoisotopic (exact) mass is 400 g/mol. The van der Waals surface area contributed by atoms with Gasteiger partial charge in [0.05, 0.1) is 24.8 Å². The van der Waals surface area contributed by atoms with Gasteiger partial charge in [-0.05, 0) is 24.8 Å². The van der Waals surface area contributed by atoms with E-state index in [1.165, 1.54) is 7.11 Å². The van der Waals surface area contributed by atoms with Gasteiger partial charge in [-0.3, -0.25) is 4.79 Å². The van der Waals surface area contributed by atoms with Crippen LogP contribution in [0, 0.1) is 0 Å². The molecule has 2 atom stereocenters. The van der Waals surface area contributed by atoms with Gasteiger partial charge in [0.15, 0.2) is 0 Å². The maximum absolute atomic E-state index is 13.0. The minimum Gasteiger partial charge on any atom is -0.496 e. The highest BCUT2D eigenvalue weighted by atomic mass is 35.5. The molecule has 1 amide bonds. The van der Waals surface area contributed by atoms with Gasteiger partial charge >= 0.3 is 6.18 Å². The van der Waals surface area contributed by atoms with E-state index in [0.717, 1.165) is 23.9 Å². The Morgan fingerprint density at radius 1 is 1.44 bits per heavy atom. The van der Waals surface area contributed by atoms with Crippen molar-refractivity contribution in [3.8, 4) is 5.75 Å². The standard InChI is InChI=1S/C15H19F3N2O3S.ClH/c1-22-11-5-8(15(16,17)18)6-12(24-2)13(11)14(21)20-10-3-4-23-7-9(10)19;/h5-6,9-10H,3-4,7,19H2,1-2H3,(H,20,21);1H. The third kappa shape index (κ3) is 5.16. The number of nitrogens with two attached hydrogens (primary N) is 1. The molecule has 10 heteroatoms. The first-order valence-corrected chi connectivity index (χ1v) is 8.47. The van der Waals surface area contributed by atoms with Crippen molar-refractivity contribution in [2.75, 3.05) is 26.6 Å². The first-order chi connectivity index (χ1) is 11.3. The van der Waals surface area contributed by atoms with E-state index in [9.17, 15) is 18.0 Å². The molecular formula is C15H20ClF3N2O3S. The first-order valence-electron chi connectivity index (χ1n) is 7.25. The first kappa shape index (κ1) is 21.9. The number of alkyl halides is 3. The summed E-state index contributed by atoms with van der Waals surface area (Å²) >= 11 is 1.05. The van der Waals surface area contributed by atoms with Gasteiger partial charge in [0.25, 0.3) is 5.91 Å². The number of carbonyl (C=O) groups is 1. The van der Waals surface area contributed by atoms with E-state index < -0.39 is 17.6 Å². The lowest BCUT2D eigenvalue weighted by Crippen LogP contribution is -2.53. The van der Waals surface area contributed by atoms with Crippen LogP contribution in [-0.4, -0.2) is 44.6 Å². The van der Waals surface area contributed by atoms with Crippen molar-refractivity contribution in [2.45, 2.75) is 29.6 Å². The average Bonchev–Trinajstić information content (AvgIpc) is 2.54. The summed E-state index contributed by atoms with van der Waals surface area (Å²) in [5.74, 6) is -0.625. The lowest BCUT2D eigenvalue weighted by Gasteiger charge is -2.29. The third-order valence-electron chi connectivity index (χ3n) is 3.78. The highest BCUT2D eigenvalue weighted by Gasteiger charge is 2.34. The fourth-order valence-corrected chi connectivity index (χ4v) is 3.12. The minimum absolute atomic E-state index is 0. The molecule has 1 aliphatic rings. The second kappa shape index (κ2) is 8.98. The Kier molecular flexibility index (Phi) is 7.86. The van der Waals surface area contributed by atoms with Crippen LogP contribution in [0.2, 0.25) is 0 Å². The molecule has 0 radical (unpaired) electrons. The number of amides is 1. The number of rotatable bonds is 4. The Labute approximate surface area is 154 Å². The summed E-state index contributed by atoms with van der Waals surface area (Å²) in [6.07, 6.45) is -2.37. The van der Waals surface area contributed by atoms with Crippen LogP contribution in [-0.2, 0) is 10.9 Å². The summed E-state index contributed by atoms with van der Waals surface area (Å²) in [7, 11) is 1.23. The van der Waals surface area contributed by atoms with Crippen LogP contribution in [0.5, 0.6) is 5.75 Å². The number of carbonyl (C=O) groups excluding carboxylic acids is 1. The number of nitrogens with one attached hydrogen (secondary N) is 1. The van der Waals surface area contributed by atoms with Gasteiger partial charge in [-0.1, -0.05) is 0 Å². The predicted octanol–water partition coefficient (Wildman–Crippen LogP) is 2.70. The molecular weight excluding hydrogens is 381 g/mol. The van der Waals surface area contributed by atoms with Gasteiger partial charge < -0.3 is 20.5 Å². The van der Waals surface area contributed by atoms with Crippen LogP contribution >= 0.6 is 24.2 Å². The van der Waals surface area contributed by atoms with Gasteiger partial charge in [-0.25, -0.2) is 0 Å². The molecule has 0 saturated carbocycles. The largest absolute Gasteiger partial charge is 0.496 e. The smallest absolute Gasteiger partial charge is 0.416 e. The molecule has 1 aromatic rings. The maximum atomic E-state index is 13.0. The van der Waals surface area contributed by atoms with Crippen LogP contribution in [0.1, 0.15) is 22.3 Å². The Morgan fingerprint density at radius 2 is 2.12 bits per heavy atom. The van der Waals surface area contributed by atoms with Crippen molar-refractivity contribution in [2.24, 2.45) is 5.73 Å². The Morgan fingerprint density at radius 3 is 2.64 bits per heavy atom. The highest BCUT2D eigenvalue weighted by molar-refractivity contribution is 7.98. The molecule has 1 aliphatic heterocycles. The zero-order chi connectivity index (χ0) is 17.9. The van der Waals surface area contributed by atoms with E-state index in [2.05, 4.69) is 5.32 Å². The molecule has 1 heterocycles.